The lowest BCUT2D eigenvalue weighted by Gasteiger charge is -2.18. The summed E-state index contributed by atoms with van der Waals surface area (Å²) >= 11 is 0. The van der Waals surface area contributed by atoms with Crippen LogP contribution >= 0.6 is 0 Å². The predicted molar refractivity (Wildman–Crippen MR) is 78.5 cm³/mol. The molecule has 2 heterocycles. The number of nitrogens with zero attached hydrogens (tertiary/aromatic N) is 2. The molecule has 1 N–H and O–H groups in total. The Bertz CT molecular complexity index is 678. The molecule has 1 aliphatic heterocycles. The number of hydrogen-bond acceptors (Lipinski definition) is 3. The third kappa shape index (κ3) is 3.05. The minimum absolute atomic E-state index is 0.0739. The van der Waals surface area contributed by atoms with Gasteiger partial charge in [0, 0.05) is 31.5 Å². The van der Waals surface area contributed by atoms with E-state index in [-0.39, 0.29) is 11.6 Å². The van der Waals surface area contributed by atoms with Gasteiger partial charge in [0.25, 0.3) is 5.91 Å². The van der Waals surface area contributed by atoms with E-state index in [1.807, 2.05) is 12.1 Å². The molecule has 1 atom stereocenters. The molecular weight excluding hydrogens is 288 g/mol. The quantitative estimate of drug-likeness (QED) is 0.948. The van der Waals surface area contributed by atoms with Crippen LogP contribution in [0.5, 0.6) is 0 Å². The van der Waals surface area contributed by atoms with Crippen LogP contribution in [0.25, 0.3) is 0 Å². The molecule has 6 heteroatoms. The Kier molecular flexibility index (Phi) is 4.00. The normalized spacial score (nSPS) is 17.5. The number of carbonyl (C=O) groups excluding carboxylic acids is 1. The second-order valence-corrected chi connectivity index (χ2v) is 5.25. The summed E-state index contributed by atoms with van der Waals surface area (Å²) in [5, 5.41) is 3.28. The summed E-state index contributed by atoms with van der Waals surface area (Å²) in [5.41, 5.74) is 0.653. The molecule has 0 spiro atoms. The van der Waals surface area contributed by atoms with Crippen molar-refractivity contribution >= 4 is 11.6 Å². The fourth-order valence-electron chi connectivity index (χ4n) is 2.58. The molecule has 1 aromatic carbocycles. The predicted octanol–water partition coefficient (Wildman–Crippen LogP) is 2.69. The number of anilines is 1. The first-order chi connectivity index (χ1) is 10.6. The van der Waals surface area contributed by atoms with Gasteiger partial charge >= 0.3 is 0 Å². The van der Waals surface area contributed by atoms with E-state index in [2.05, 4.69) is 10.3 Å². The van der Waals surface area contributed by atoms with E-state index in [9.17, 15) is 13.6 Å². The Morgan fingerprint density at radius 3 is 2.95 bits per heavy atom. The van der Waals surface area contributed by atoms with Gasteiger partial charge in [-0.05, 0) is 36.8 Å². The fourth-order valence-corrected chi connectivity index (χ4v) is 2.58. The minimum atomic E-state index is -0.699. The first-order valence-electron chi connectivity index (χ1n) is 7.04. The van der Waals surface area contributed by atoms with E-state index in [4.69, 9.17) is 0 Å². The Hall–Kier alpha value is -2.50. The molecule has 1 aromatic heterocycles. The molecule has 0 radical (unpaired) electrons. The molecule has 114 valence electrons. The summed E-state index contributed by atoms with van der Waals surface area (Å²) in [7, 11) is 0. The van der Waals surface area contributed by atoms with Gasteiger partial charge in [0.05, 0.1) is 11.3 Å². The lowest BCUT2D eigenvalue weighted by molar-refractivity contribution is 0.0786. The van der Waals surface area contributed by atoms with E-state index >= 15 is 0 Å². The average Bonchev–Trinajstić information content (AvgIpc) is 2.98. The Morgan fingerprint density at radius 1 is 1.32 bits per heavy atom. The largest absolute Gasteiger partial charge is 0.379 e. The Labute approximate surface area is 126 Å². The number of likely N-dealkylation sites (tertiary alicyclic amines) is 1. The first kappa shape index (κ1) is 14.4. The molecule has 1 amide bonds. The number of pyridine rings is 1. The van der Waals surface area contributed by atoms with E-state index in [0.29, 0.717) is 13.1 Å². The van der Waals surface area contributed by atoms with Crippen LogP contribution in [0.4, 0.5) is 14.5 Å². The van der Waals surface area contributed by atoms with Crippen LogP contribution < -0.4 is 5.32 Å². The van der Waals surface area contributed by atoms with Gasteiger partial charge < -0.3 is 10.2 Å². The highest BCUT2D eigenvalue weighted by molar-refractivity contribution is 5.94. The van der Waals surface area contributed by atoms with Crippen LogP contribution in [-0.2, 0) is 0 Å². The molecule has 0 bridgehead atoms. The van der Waals surface area contributed by atoms with Gasteiger partial charge in [0.2, 0.25) is 0 Å². The Morgan fingerprint density at radius 2 is 2.18 bits per heavy atom. The molecule has 3 rings (SSSR count). The smallest absolute Gasteiger partial charge is 0.257 e. The van der Waals surface area contributed by atoms with Crippen molar-refractivity contribution in [3.63, 3.8) is 0 Å². The van der Waals surface area contributed by atoms with Crippen molar-refractivity contribution in [2.45, 2.75) is 12.5 Å². The number of nitrogens with one attached hydrogen (secondary N) is 1. The third-order valence-electron chi connectivity index (χ3n) is 3.67. The Balaban J connectivity index is 1.67. The van der Waals surface area contributed by atoms with Crippen molar-refractivity contribution in [3.05, 3.63) is 59.9 Å². The second-order valence-electron chi connectivity index (χ2n) is 5.25. The maximum Gasteiger partial charge on any atom is 0.257 e. The number of carbonyl (C=O) groups is 1. The number of aromatic nitrogens is 1. The van der Waals surface area contributed by atoms with Crippen LogP contribution in [0, 0.1) is 11.6 Å². The summed E-state index contributed by atoms with van der Waals surface area (Å²) in [6.45, 7) is 0.955. The first-order valence-corrected chi connectivity index (χ1v) is 7.04. The second kappa shape index (κ2) is 6.09. The summed E-state index contributed by atoms with van der Waals surface area (Å²) in [4.78, 5) is 17.8. The highest BCUT2D eigenvalue weighted by atomic mass is 19.1. The van der Waals surface area contributed by atoms with Gasteiger partial charge in [-0.3, -0.25) is 9.78 Å². The minimum Gasteiger partial charge on any atom is -0.379 e. The van der Waals surface area contributed by atoms with Gasteiger partial charge in [-0.25, -0.2) is 8.78 Å². The van der Waals surface area contributed by atoms with Crippen molar-refractivity contribution < 1.29 is 13.6 Å². The van der Waals surface area contributed by atoms with Crippen molar-refractivity contribution in [2.75, 3.05) is 18.4 Å². The van der Waals surface area contributed by atoms with Gasteiger partial charge in [-0.15, -0.1) is 0 Å². The van der Waals surface area contributed by atoms with Crippen molar-refractivity contribution in [1.29, 1.82) is 0 Å². The van der Waals surface area contributed by atoms with Crippen LogP contribution in [-0.4, -0.2) is 34.9 Å². The van der Waals surface area contributed by atoms with Gasteiger partial charge in [-0.2, -0.15) is 0 Å². The number of amides is 1. The number of halogens is 2. The lowest BCUT2D eigenvalue weighted by Crippen LogP contribution is -2.32. The molecule has 1 unspecified atom stereocenters. The molecule has 0 aliphatic carbocycles. The van der Waals surface area contributed by atoms with E-state index < -0.39 is 17.5 Å². The van der Waals surface area contributed by atoms with Crippen molar-refractivity contribution in [2.24, 2.45) is 0 Å². The van der Waals surface area contributed by atoms with Crippen LogP contribution in [0.3, 0.4) is 0 Å². The summed E-state index contributed by atoms with van der Waals surface area (Å²) in [6.07, 6.45) is 4.14. The van der Waals surface area contributed by atoms with Crippen molar-refractivity contribution in [1.82, 2.24) is 9.88 Å². The van der Waals surface area contributed by atoms with Gasteiger partial charge in [-0.1, -0.05) is 0 Å². The molecule has 2 aromatic rings. The van der Waals surface area contributed by atoms with E-state index in [1.54, 1.807) is 12.4 Å². The standard InChI is InChI=1S/C16H15F2N3O/c17-11-3-4-15(18)14(8-11)16(22)21-7-5-13(10-21)20-12-2-1-6-19-9-12/h1-4,6,8-9,13,20H,5,7,10H2. The number of hydrogen-bond donors (Lipinski definition) is 1. The molecule has 4 nitrogen and oxygen atoms in total. The van der Waals surface area contributed by atoms with Crippen molar-refractivity contribution in [3.8, 4) is 0 Å². The number of benzene rings is 1. The summed E-state index contributed by atoms with van der Waals surface area (Å²) < 4.78 is 26.9. The van der Waals surface area contributed by atoms with Gasteiger partial charge in [0.1, 0.15) is 11.6 Å². The third-order valence-corrected chi connectivity index (χ3v) is 3.67. The molecular formula is C16H15F2N3O. The average molecular weight is 303 g/mol. The maximum absolute atomic E-state index is 13.7. The van der Waals surface area contributed by atoms with Crippen LogP contribution in [0.2, 0.25) is 0 Å². The lowest BCUT2D eigenvalue weighted by atomic mass is 10.2. The zero-order valence-electron chi connectivity index (χ0n) is 11.8. The van der Waals surface area contributed by atoms with E-state index in [1.165, 1.54) is 4.90 Å². The SMILES string of the molecule is O=C(c1cc(F)ccc1F)N1CCC(Nc2cccnc2)C1. The zero-order chi connectivity index (χ0) is 15.5. The highest BCUT2D eigenvalue weighted by Gasteiger charge is 2.28. The monoisotopic (exact) mass is 303 g/mol. The molecule has 1 saturated heterocycles. The zero-order valence-corrected chi connectivity index (χ0v) is 11.8. The molecule has 1 fully saturated rings. The summed E-state index contributed by atoms with van der Waals surface area (Å²) in [6, 6.07) is 6.71. The maximum atomic E-state index is 13.7. The molecule has 22 heavy (non-hydrogen) atoms. The van der Waals surface area contributed by atoms with E-state index in [0.717, 1.165) is 30.3 Å². The fraction of sp³-hybridized carbons (Fsp3) is 0.250. The summed E-state index contributed by atoms with van der Waals surface area (Å²) in [5.74, 6) is -1.79. The molecule has 0 saturated carbocycles. The molecule has 1 aliphatic rings. The number of rotatable bonds is 3. The van der Waals surface area contributed by atoms with Crippen LogP contribution in [0.15, 0.2) is 42.7 Å². The van der Waals surface area contributed by atoms with Gasteiger partial charge in [0.15, 0.2) is 0 Å². The topological polar surface area (TPSA) is 45.2 Å². The highest BCUT2D eigenvalue weighted by Crippen LogP contribution is 2.19. The van der Waals surface area contributed by atoms with Crippen LogP contribution in [0.1, 0.15) is 16.8 Å².